The lowest BCUT2D eigenvalue weighted by molar-refractivity contribution is 1.31. The molecule has 0 aliphatic carbocycles. The van der Waals surface area contributed by atoms with E-state index in [1.54, 1.807) is 0 Å². The van der Waals surface area contributed by atoms with E-state index in [1.807, 2.05) is 11.3 Å². The van der Waals surface area contributed by atoms with Gasteiger partial charge in [0.1, 0.15) is 0 Å². The number of nitrogens with zero attached hydrogens (tertiary/aromatic N) is 1. The van der Waals surface area contributed by atoms with Gasteiger partial charge in [0.05, 0.1) is 11.4 Å². The fraction of sp³-hybridized carbons (Fsp3) is 0. The summed E-state index contributed by atoms with van der Waals surface area (Å²) in [7, 11) is 0. The molecule has 48 heavy (non-hydrogen) atoms. The lowest BCUT2D eigenvalue weighted by Gasteiger charge is -2.29. The molecule has 0 aliphatic rings. The second kappa shape index (κ2) is 10.8. The summed E-state index contributed by atoms with van der Waals surface area (Å²) in [4.78, 5) is 2.48. The fourth-order valence-corrected chi connectivity index (χ4v) is 8.69. The molecule has 0 bridgehead atoms. The van der Waals surface area contributed by atoms with Crippen molar-refractivity contribution in [2.75, 3.05) is 4.90 Å². The number of benzene rings is 9. The maximum atomic E-state index is 2.48. The van der Waals surface area contributed by atoms with Crippen molar-refractivity contribution < 1.29 is 0 Å². The Morgan fingerprint density at radius 3 is 1.88 bits per heavy atom. The average Bonchev–Trinajstić information content (AvgIpc) is 3.52. The van der Waals surface area contributed by atoms with E-state index >= 15 is 0 Å². The summed E-state index contributed by atoms with van der Waals surface area (Å²) in [6, 6.07) is 64.6. The fourth-order valence-electron chi connectivity index (χ4n) is 7.56. The van der Waals surface area contributed by atoms with Gasteiger partial charge in [-0.05, 0) is 85.9 Å². The Morgan fingerprint density at radius 1 is 0.333 bits per heavy atom. The molecule has 0 unspecified atom stereocenters. The van der Waals surface area contributed by atoms with Crippen LogP contribution in [0.2, 0.25) is 0 Å². The van der Waals surface area contributed by atoms with Crippen molar-refractivity contribution in [3.05, 3.63) is 176 Å². The molecule has 0 aliphatic heterocycles. The molecule has 1 nitrogen and oxygen atoms in total. The van der Waals surface area contributed by atoms with E-state index in [4.69, 9.17) is 0 Å². The van der Waals surface area contributed by atoms with Crippen LogP contribution < -0.4 is 4.90 Å². The van der Waals surface area contributed by atoms with Gasteiger partial charge in [0.25, 0.3) is 0 Å². The third kappa shape index (κ3) is 4.24. The quantitative estimate of drug-likeness (QED) is 0.176. The van der Waals surface area contributed by atoms with E-state index in [2.05, 4.69) is 181 Å². The first-order valence-electron chi connectivity index (χ1n) is 16.4. The monoisotopic (exact) mass is 627 g/mol. The smallest absolute Gasteiger partial charge is 0.0546 e. The first kappa shape index (κ1) is 27.2. The van der Waals surface area contributed by atoms with E-state index < -0.39 is 0 Å². The topological polar surface area (TPSA) is 3.24 Å². The molecule has 0 radical (unpaired) electrons. The highest BCUT2D eigenvalue weighted by Gasteiger charge is 2.20. The molecule has 1 aromatic heterocycles. The largest absolute Gasteiger partial charge is 0.309 e. The number of rotatable bonds is 4. The lowest BCUT2D eigenvalue weighted by Crippen LogP contribution is -2.11. The van der Waals surface area contributed by atoms with Gasteiger partial charge < -0.3 is 4.90 Å². The van der Waals surface area contributed by atoms with Gasteiger partial charge in [-0.3, -0.25) is 0 Å². The first-order valence-corrected chi connectivity index (χ1v) is 17.2. The molecule has 2 heteroatoms. The van der Waals surface area contributed by atoms with Gasteiger partial charge in [0.15, 0.2) is 0 Å². The molecule has 224 valence electrons. The van der Waals surface area contributed by atoms with E-state index in [9.17, 15) is 0 Å². The highest BCUT2D eigenvalue weighted by atomic mass is 32.1. The number of hydrogen-bond donors (Lipinski definition) is 0. The molecule has 9 aromatic carbocycles. The van der Waals surface area contributed by atoms with Crippen LogP contribution in [0.1, 0.15) is 0 Å². The zero-order valence-electron chi connectivity index (χ0n) is 26.1. The zero-order valence-corrected chi connectivity index (χ0v) is 26.9. The molecular formula is C46H29NS. The minimum atomic E-state index is 1.13. The molecule has 0 spiro atoms. The Bertz CT molecular complexity index is 2830. The average molecular weight is 628 g/mol. The molecule has 0 fully saturated rings. The lowest BCUT2D eigenvalue weighted by atomic mass is 9.95. The summed E-state index contributed by atoms with van der Waals surface area (Å²) in [5.41, 5.74) is 5.89. The van der Waals surface area contributed by atoms with Gasteiger partial charge in [-0.15, -0.1) is 11.3 Å². The molecule has 10 rings (SSSR count). The van der Waals surface area contributed by atoms with Crippen LogP contribution in [0, 0.1) is 0 Å². The number of fused-ring (bicyclic) bond motifs is 9. The van der Waals surface area contributed by atoms with Crippen LogP contribution in [0.4, 0.5) is 17.1 Å². The van der Waals surface area contributed by atoms with Gasteiger partial charge in [-0.1, -0.05) is 133 Å². The minimum Gasteiger partial charge on any atom is -0.309 e. The molecule has 0 saturated heterocycles. The van der Waals surface area contributed by atoms with Crippen molar-refractivity contribution in [2.24, 2.45) is 0 Å². The van der Waals surface area contributed by atoms with Crippen LogP contribution in [0.5, 0.6) is 0 Å². The van der Waals surface area contributed by atoms with Crippen LogP contribution in [0.3, 0.4) is 0 Å². The number of thiophene rings is 1. The maximum absolute atomic E-state index is 2.48. The Balaban J connectivity index is 1.28. The second-order valence-electron chi connectivity index (χ2n) is 12.5. The summed E-state index contributed by atoms with van der Waals surface area (Å²) in [5.74, 6) is 0. The van der Waals surface area contributed by atoms with Crippen molar-refractivity contribution >= 4 is 91.7 Å². The Labute approximate surface area is 282 Å². The number of hydrogen-bond acceptors (Lipinski definition) is 2. The third-order valence-electron chi connectivity index (χ3n) is 9.81. The maximum Gasteiger partial charge on any atom is 0.0546 e. The van der Waals surface area contributed by atoms with Crippen LogP contribution in [-0.4, -0.2) is 0 Å². The van der Waals surface area contributed by atoms with Crippen molar-refractivity contribution in [2.45, 2.75) is 0 Å². The Hall–Kier alpha value is -5.96. The summed E-state index contributed by atoms with van der Waals surface area (Å²) in [6.45, 7) is 0. The highest BCUT2D eigenvalue weighted by Crippen LogP contribution is 2.46. The second-order valence-corrected chi connectivity index (χ2v) is 13.6. The van der Waals surface area contributed by atoms with E-state index in [0.717, 1.165) is 5.69 Å². The van der Waals surface area contributed by atoms with Gasteiger partial charge >= 0.3 is 0 Å². The molecular weight excluding hydrogens is 599 g/mol. The summed E-state index contributed by atoms with van der Waals surface area (Å²) >= 11 is 1.87. The van der Waals surface area contributed by atoms with E-state index in [1.165, 1.54) is 85.8 Å². The van der Waals surface area contributed by atoms with Crippen molar-refractivity contribution in [3.63, 3.8) is 0 Å². The van der Waals surface area contributed by atoms with E-state index in [-0.39, 0.29) is 0 Å². The third-order valence-corrected chi connectivity index (χ3v) is 10.9. The van der Waals surface area contributed by atoms with E-state index in [0.29, 0.717) is 0 Å². The predicted molar refractivity (Wildman–Crippen MR) is 209 cm³/mol. The molecule has 0 saturated carbocycles. The molecule has 0 atom stereocenters. The summed E-state index contributed by atoms with van der Waals surface area (Å²) in [6.07, 6.45) is 0. The predicted octanol–water partition coefficient (Wildman–Crippen LogP) is 13.8. The van der Waals surface area contributed by atoms with Crippen LogP contribution >= 0.6 is 11.3 Å². The molecule has 1 heterocycles. The van der Waals surface area contributed by atoms with Crippen LogP contribution in [0.25, 0.3) is 74.4 Å². The first-order chi connectivity index (χ1) is 23.8. The van der Waals surface area contributed by atoms with Gasteiger partial charge in [-0.2, -0.15) is 0 Å². The molecule has 0 amide bonds. The van der Waals surface area contributed by atoms with Crippen LogP contribution in [0.15, 0.2) is 176 Å². The highest BCUT2D eigenvalue weighted by molar-refractivity contribution is 7.25. The van der Waals surface area contributed by atoms with Gasteiger partial charge in [0, 0.05) is 36.6 Å². The molecule has 0 N–H and O–H groups in total. The van der Waals surface area contributed by atoms with Crippen LogP contribution in [-0.2, 0) is 0 Å². The minimum absolute atomic E-state index is 1.13. The zero-order chi connectivity index (χ0) is 31.6. The summed E-state index contributed by atoms with van der Waals surface area (Å²) in [5, 5.41) is 12.7. The van der Waals surface area contributed by atoms with Crippen molar-refractivity contribution in [3.8, 4) is 11.1 Å². The van der Waals surface area contributed by atoms with Crippen molar-refractivity contribution in [1.82, 2.24) is 0 Å². The Morgan fingerprint density at radius 2 is 1.00 bits per heavy atom. The van der Waals surface area contributed by atoms with Gasteiger partial charge in [0.2, 0.25) is 0 Å². The molecule has 10 aromatic rings. The van der Waals surface area contributed by atoms with Crippen molar-refractivity contribution in [1.29, 1.82) is 0 Å². The Kier molecular flexibility index (Phi) is 6.12. The normalized spacial score (nSPS) is 11.8. The van der Waals surface area contributed by atoms with Gasteiger partial charge in [-0.25, -0.2) is 0 Å². The SMILES string of the molecule is c1ccc(-c2ccc(N(c3cccc4cc5sc6ccccc6c5cc34)c3cccc4ccc5c6ccccc6ccc5c34)cc2)cc1. The summed E-state index contributed by atoms with van der Waals surface area (Å²) < 4.78 is 2.65. The number of anilines is 3. The standard InChI is InChI=1S/C46H29NS/c1-2-10-30(11-3-1)31-20-24-35(25-21-31)47(42-17-9-14-34-28-45-41(29-40(34)42)38-16-6-7-19-44(38)48-45)43-18-8-13-33-23-26-37-36-15-5-4-12-32(36)22-27-39(37)46(33)43/h1-29H.